The van der Waals surface area contributed by atoms with Crippen LogP contribution in [0, 0.1) is 18.3 Å². The van der Waals surface area contributed by atoms with Crippen LogP contribution in [0.25, 0.3) is 10.8 Å². The average Bonchev–Trinajstić information content (AvgIpc) is 2.28. The topological polar surface area (TPSA) is 23.8 Å². The lowest BCUT2D eigenvalue weighted by Crippen LogP contribution is -2.13. The molecule has 0 aliphatic heterocycles. The maximum atomic E-state index is 9.27. The molecule has 17 heavy (non-hydrogen) atoms. The van der Waals surface area contributed by atoms with Crippen LogP contribution in [0.2, 0.25) is 0 Å². The van der Waals surface area contributed by atoms with Gasteiger partial charge < -0.3 is 0 Å². The fourth-order valence-electron chi connectivity index (χ4n) is 2.39. The summed E-state index contributed by atoms with van der Waals surface area (Å²) in [6.07, 6.45) is 0. The van der Waals surface area contributed by atoms with Crippen LogP contribution in [0.3, 0.4) is 0 Å². The Morgan fingerprint density at radius 3 is 2.18 bits per heavy atom. The molecule has 0 radical (unpaired) electrons. The zero-order valence-electron chi connectivity index (χ0n) is 10.8. The molecule has 0 N–H and O–H groups in total. The van der Waals surface area contributed by atoms with Gasteiger partial charge in [-0.3, -0.25) is 0 Å². The second-order valence-corrected chi connectivity index (χ2v) is 5.50. The smallest absolute Gasteiger partial charge is 0.0998 e. The van der Waals surface area contributed by atoms with Gasteiger partial charge in [0.2, 0.25) is 0 Å². The molecule has 2 aromatic rings. The van der Waals surface area contributed by atoms with Crippen LogP contribution < -0.4 is 0 Å². The number of hydrogen-bond donors (Lipinski definition) is 0. The van der Waals surface area contributed by atoms with Crippen LogP contribution in [-0.4, -0.2) is 0 Å². The highest BCUT2D eigenvalue weighted by Gasteiger charge is 2.19. The van der Waals surface area contributed by atoms with Crippen LogP contribution in [-0.2, 0) is 5.41 Å². The highest BCUT2D eigenvalue weighted by molar-refractivity contribution is 5.91. The van der Waals surface area contributed by atoms with E-state index in [9.17, 15) is 5.26 Å². The van der Waals surface area contributed by atoms with E-state index in [0.717, 1.165) is 10.9 Å². The van der Waals surface area contributed by atoms with Gasteiger partial charge in [0, 0.05) is 0 Å². The first-order valence-electron chi connectivity index (χ1n) is 5.88. The first-order valence-corrected chi connectivity index (χ1v) is 5.88. The van der Waals surface area contributed by atoms with Gasteiger partial charge >= 0.3 is 0 Å². The molecule has 0 aliphatic rings. The number of nitriles is 1. The largest absolute Gasteiger partial charge is 0.192 e. The summed E-state index contributed by atoms with van der Waals surface area (Å²) >= 11 is 0. The van der Waals surface area contributed by atoms with Crippen molar-refractivity contribution in [2.45, 2.75) is 33.1 Å². The minimum Gasteiger partial charge on any atom is -0.192 e. The molecule has 1 nitrogen and oxygen atoms in total. The molecule has 0 spiro atoms. The molecule has 0 bridgehead atoms. The Balaban J connectivity index is 2.92. The van der Waals surface area contributed by atoms with Gasteiger partial charge in [0.15, 0.2) is 0 Å². The minimum absolute atomic E-state index is 0.0692. The maximum Gasteiger partial charge on any atom is 0.0998 e. The summed E-state index contributed by atoms with van der Waals surface area (Å²) in [4.78, 5) is 0. The Morgan fingerprint density at radius 1 is 1.06 bits per heavy atom. The SMILES string of the molecule is Cc1c(C(C)(C)C)cc(C#N)c2ccccc12. The highest BCUT2D eigenvalue weighted by atomic mass is 14.3. The quantitative estimate of drug-likeness (QED) is 0.652. The third kappa shape index (κ3) is 1.91. The number of hydrogen-bond acceptors (Lipinski definition) is 1. The first kappa shape index (κ1) is 11.7. The van der Waals surface area contributed by atoms with Crippen LogP contribution in [0.1, 0.15) is 37.5 Å². The molecule has 0 amide bonds. The van der Waals surface area contributed by atoms with Crippen LogP contribution in [0.4, 0.5) is 0 Å². The predicted octanol–water partition coefficient (Wildman–Crippen LogP) is 4.32. The summed E-state index contributed by atoms with van der Waals surface area (Å²) in [6.45, 7) is 8.70. The lowest BCUT2D eigenvalue weighted by Gasteiger charge is -2.23. The third-order valence-electron chi connectivity index (χ3n) is 3.24. The molecule has 2 aromatic carbocycles. The van der Waals surface area contributed by atoms with E-state index < -0.39 is 0 Å². The lowest BCUT2D eigenvalue weighted by molar-refractivity contribution is 0.587. The Labute approximate surface area is 103 Å². The van der Waals surface area contributed by atoms with E-state index in [0.29, 0.717) is 0 Å². The first-order chi connectivity index (χ1) is 7.95. The van der Waals surface area contributed by atoms with E-state index in [1.165, 1.54) is 16.5 Å². The van der Waals surface area contributed by atoms with Gasteiger partial charge in [-0.05, 0) is 40.3 Å². The third-order valence-corrected chi connectivity index (χ3v) is 3.24. The number of fused-ring (bicyclic) bond motifs is 1. The molecule has 0 saturated carbocycles. The van der Waals surface area contributed by atoms with E-state index in [1.54, 1.807) is 0 Å². The lowest BCUT2D eigenvalue weighted by atomic mass is 9.81. The summed E-state index contributed by atoms with van der Waals surface area (Å²) in [5, 5.41) is 11.5. The van der Waals surface area contributed by atoms with Crippen molar-refractivity contribution < 1.29 is 0 Å². The van der Waals surface area contributed by atoms with Gasteiger partial charge in [0.25, 0.3) is 0 Å². The molecule has 0 aromatic heterocycles. The second-order valence-electron chi connectivity index (χ2n) is 5.50. The summed E-state index contributed by atoms with van der Waals surface area (Å²) in [7, 11) is 0. The van der Waals surface area contributed by atoms with Crippen molar-refractivity contribution in [3.05, 3.63) is 47.0 Å². The number of benzene rings is 2. The Morgan fingerprint density at radius 2 is 1.65 bits per heavy atom. The summed E-state index contributed by atoms with van der Waals surface area (Å²) in [5.74, 6) is 0. The van der Waals surface area contributed by atoms with E-state index in [-0.39, 0.29) is 5.41 Å². The van der Waals surface area contributed by atoms with Gasteiger partial charge in [0.05, 0.1) is 11.6 Å². The molecule has 2 rings (SSSR count). The predicted molar refractivity (Wildman–Crippen MR) is 72.1 cm³/mol. The van der Waals surface area contributed by atoms with Gasteiger partial charge in [0.1, 0.15) is 0 Å². The fourth-order valence-corrected chi connectivity index (χ4v) is 2.39. The van der Waals surface area contributed by atoms with Crippen molar-refractivity contribution >= 4 is 10.8 Å². The zero-order chi connectivity index (χ0) is 12.6. The molecule has 0 aliphatic carbocycles. The van der Waals surface area contributed by atoms with Gasteiger partial charge in [-0.15, -0.1) is 0 Å². The van der Waals surface area contributed by atoms with Crippen molar-refractivity contribution in [1.82, 2.24) is 0 Å². The highest BCUT2D eigenvalue weighted by Crippen LogP contribution is 2.32. The zero-order valence-corrected chi connectivity index (χ0v) is 10.8. The molecule has 0 saturated heterocycles. The van der Waals surface area contributed by atoms with Crippen molar-refractivity contribution in [3.63, 3.8) is 0 Å². The second kappa shape index (κ2) is 3.89. The van der Waals surface area contributed by atoms with Crippen molar-refractivity contribution in [1.29, 1.82) is 5.26 Å². The van der Waals surface area contributed by atoms with Gasteiger partial charge in [-0.25, -0.2) is 0 Å². The molecular weight excluding hydrogens is 206 g/mol. The number of aryl methyl sites for hydroxylation is 1. The standard InChI is InChI=1S/C16H17N/c1-11-13-7-5-6-8-14(13)12(10-17)9-15(11)16(2,3)4/h5-9H,1-4H3. The monoisotopic (exact) mass is 223 g/mol. The summed E-state index contributed by atoms with van der Waals surface area (Å²) in [6, 6.07) is 12.5. The minimum atomic E-state index is 0.0692. The van der Waals surface area contributed by atoms with Crippen molar-refractivity contribution in [3.8, 4) is 6.07 Å². The molecule has 0 fully saturated rings. The van der Waals surface area contributed by atoms with Gasteiger partial charge in [-0.2, -0.15) is 5.26 Å². The van der Waals surface area contributed by atoms with Crippen LogP contribution in [0.5, 0.6) is 0 Å². The molecule has 0 heterocycles. The molecule has 0 unspecified atom stereocenters. The summed E-state index contributed by atoms with van der Waals surface area (Å²) in [5.41, 5.74) is 3.38. The number of nitrogens with zero attached hydrogens (tertiary/aromatic N) is 1. The van der Waals surface area contributed by atoms with Crippen LogP contribution in [0.15, 0.2) is 30.3 Å². The average molecular weight is 223 g/mol. The van der Waals surface area contributed by atoms with Crippen molar-refractivity contribution in [2.75, 3.05) is 0 Å². The van der Waals surface area contributed by atoms with Gasteiger partial charge in [-0.1, -0.05) is 45.0 Å². The Bertz CT molecular complexity index is 610. The fraction of sp³-hybridized carbons (Fsp3) is 0.312. The normalized spacial score (nSPS) is 11.5. The van der Waals surface area contributed by atoms with E-state index in [2.05, 4.69) is 39.8 Å². The van der Waals surface area contributed by atoms with E-state index >= 15 is 0 Å². The molecule has 86 valence electrons. The Hall–Kier alpha value is -1.81. The summed E-state index contributed by atoms with van der Waals surface area (Å²) < 4.78 is 0. The van der Waals surface area contributed by atoms with E-state index in [1.807, 2.05) is 24.3 Å². The maximum absolute atomic E-state index is 9.27. The molecule has 0 atom stereocenters. The molecular formula is C16H17N. The Kier molecular flexibility index (Phi) is 2.67. The number of rotatable bonds is 0. The van der Waals surface area contributed by atoms with Crippen LogP contribution >= 0.6 is 0 Å². The van der Waals surface area contributed by atoms with E-state index in [4.69, 9.17) is 0 Å². The molecule has 1 heteroatoms. The van der Waals surface area contributed by atoms with Crippen molar-refractivity contribution in [2.24, 2.45) is 0 Å².